The van der Waals surface area contributed by atoms with E-state index in [1.807, 2.05) is 6.92 Å². The molecule has 0 aliphatic heterocycles. The summed E-state index contributed by atoms with van der Waals surface area (Å²) < 4.78 is 3.69. The Morgan fingerprint density at radius 2 is 1.95 bits per heavy atom. The van der Waals surface area contributed by atoms with Gasteiger partial charge in [0, 0.05) is 14.1 Å². The molecule has 1 N–H and O–H groups in total. The van der Waals surface area contributed by atoms with Crippen molar-refractivity contribution in [2.75, 3.05) is 0 Å². The zero-order valence-corrected chi connectivity index (χ0v) is 11.7. The molecule has 7 nitrogen and oxygen atoms in total. The Hall–Kier alpha value is -1.60. The maximum atomic E-state index is 12.2. The van der Waals surface area contributed by atoms with Crippen LogP contribution in [0.3, 0.4) is 0 Å². The van der Waals surface area contributed by atoms with Crippen molar-refractivity contribution in [3.63, 3.8) is 0 Å². The minimum atomic E-state index is -0.628. The van der Waals surface area contributed by atoms with E-state index in [0.717, 1.165) is 4.57 Å². The summed E-state index contributed by atoms with van der Waals surface area (Å²) in [5, 5.41) is 9.80. The summed E-state index contributed by atoms with van der Waals surface area (Å²) in [6, 6.07) is 0. The lowest BCUT2D eigenvalue weighted by molar-refractivity contribution is 0.151. The predicted octanol–water partition coefficient (Wildman–Crippen LogP) is -0.142. The molecular formula is C11H15ClN4O3. The van der Waals surface area contributed by atoms with Crippen LogP contribution in [0.5, 0.6) is 0 Å². The lowest BCUT2D eigenvalue weighted by Crippen LogP contribution is -2.37. The molecule has 0 aliphatic carbocycles. The van der Waals surface area contributed by atoms with Crippen LogP contribution in [0.4, 0.5) is 0 Å². The van der Waals surface area contributed by atoms with Crippen molar-refractivity contribution >= 4 is 22.8 Å². The Labute approximate surface area is 113 Å². The first-order chi connectivity index (χ1) is 8.88. The average molecular weight is 287 g/mol. The van der Waals surface area contributed by atoms with Crippen molar-refractivity contribution in [3.05, 3.63) is 26.1 Å². The molecule has 0 aliphatic rings. The Balaban J connectivity index is 2.83. The lowest BCUT2D eigenvalue weighted by atomic mass is 10.3. The SMILES string of the molecule is CCC(O)Cn1c(Cl)nc2c1c(=O)n(C)c(=O)n2C. The van der Waals surface area contributed by atoms with Crippen LogP contribution in [0.15, 0.2) is 9.59 Å². The Kier molecular flexibility index (Phi) is 3.51. The molecule has 0 radical (unpaired) electrons. The number of aliphatic hydroxyl groups is 1. The van der Waals surface area contributed by atoms with Crippen molar-refractivity contribution < 1.29 is 5.11 Å². The van der Waals surface area contributed by atoms with E-state index in [9.17, 15) is 14.7 Å². The van der Waals surface area contributed by atoms with Crippen molar-refractivity contribution in [1.29, 1.82) is 0 Å². The largest absolute Gasteiger partial charge is 0.391 e. The first-order valence-corrected chi connectivity index (χ1v) is 6.26. The second-order valence-corrected chi connectivity index (χ2v) is 4.77. The summed E-state index contributed by atoms with van der Waals surface area (Å²) in [7, 11) is 2.92. The molecular weight excluding hydrogens is 272 g/mol. The number of hydrogen-bond acceptors (Lipinski definition) is 4. The number of aromatic nitrogens is 4. The maximum Gasteiger partial charge on any atom is 0.332 e. The highest BCUT2D eigenvalue weighted by Gasteiger charge is 2.19. The second-order valence-electron chi connectivity index (χ2n) is 4.43. The third-order valence-corrected chi connectivity index (χ3v) is 3.45. The van der Waals surface area contributed by atoms with Crippen LogP contribution < -0.4 is 11.2 Å². The first-order valence-electron chi connectivity index (χ1n) is 5.88. The zero-order chi connectivity index (χ0) is 14.3. The maximum absolute atomic E-state index is 12.2. The lowest BCUT2D eigenvalue weighted by Gasteiger charge is -2.10. The van der Waals surface area contributed by atoms with Gasteiger partial charge in [-0.25, -0.2) is 4.79 Å². The number of halogens is 1. The van der Waals surface area contributed by atoms with Crippen LogP contribution in [0.1, 0.15) is 13.3 Å². The summed E-state index contributed by atoms with van der Waals surface area (Å²) in [5.74, 6) is 0. The van der Waals surface area contributed by atoms with Gasteiger partial charge in [0.25, 0.3) is 5.56 Å². The molecule has 1 atom stereocenters. The summed E-state index contributed by atoms with van der Waals surface area (Å²) in [6.07, 6.45) is -0.0981. The Bertz CT molecular complexity index is 743. The van der Waals surface area contributed by atoms with Gasteiger partial charge in [0.2, 0.25) is 5.28 Å². The fourth-order valence-corrected chi connectivity index (χ4v) is 2.16. The molecule has 0 aromatic carbocycles. The van der Waals surface area contributed by atoms with Gasteiger partial charge in [-0.05, 0) is 18.0 Å². The molecule has 0 spiro atoms. The average Bonchev–Trinajstić information content (AvgIpc) is 2.71. The minimum absolute atomic E-state index is 0.0841. The molecule has 0 saturated carbocycles. The van der Waals surface area contributed by atoms with Gasteiger partial charge >= 0.3 is 5.69 Å². The summed E-state index contributed by atoms with van der Waals surface area (Å²) >= 11 is 5.99. The van der Waals surface area contributed by atoms with E-state index in [0.29, 0.717) is 6.42 Å². The summed E-state index contributed by atoms with van der Waals surface area (Å²) in [5.41, 5.74) is -0.487. The van der Waals surface area contributed by atoms with Crippen molar-refractivity contribution in [2.24, 2.45) is 14.1 Å². The van der Waals surface area contributed by atoms with E-state index in [-0.39, 0.29) is 23.0 Å². The Morgan fingerprint density at radius 1 is 1.32 bits per heavy atom. The molecule has 2 aromatic heterocycles. The van der Waals surface area contributed by atoms with Gasteiger partial charge < -0.3 is 9.67 Å². The fraction of sp³-hybridized carbons (Fsp3) is 0.545. The molecule has 0 amide bonds. The third kappa shape index (κ3) is 2.08. The van der Waals surface area contributed by atoms with E-state index in [1.165, 1.54) is 23.2 Å². The van der Waals surface area contributed by atoms with Crippen LogP contribution in [-0.2, 0) is 20.6 Å². The van der Waals surface area contributed by atoms with Gasteiger partial charge in [-0.2, -0.15) is 4.98 Å². The smallest absolute Gasteiger partial charge is 0.332 e. The van der Waals surface area contributed by atoms with Gasteiger partial charge in [-0.15, -0.1) is 0 Å². The van der Waals surface area contributed by atoms with E-state index in [2.05, 4.69) is 4.98 Å². The highest BCUT2D eigenvalue weighted by molar-refractivity contribution is 6.29. The molecule has 0 bridgehead atoms. The van der Waals surface area contributed by atoms with Gasteiger partial charge in [-0.3, -0.25) is 13.9 Å². The van der Waals surface area contributed by atoms with Gasteiger partial charge in [0.05, 0.1) is 12.6 Å². The number of aliphatic hydroxyl groups excluding tert-OH is 1. The van der Waals surface area contributed by atoms with Crippen LogP contribution >= 0.6 is 11.6 Å². The monoisotopic (exact) mass is 286 g/mol. The standard InChI is InChI=1S/C11H15ClN4O3/c1-4-6(17)5-16-7-8(13-10(16)12)14(2)11(19)15(3)9(7)18/h6,17H,4-5H2,1-3H3. The summed E-state index contributed by atoms with van der Waals surface area (Å²) in [4.78, 5) is 28.0. The van der Waals surface area contributed by atoms with Crippen LogP contribution in [0.25, 0.3) is 11.2 Å². The van der Waals surface area contributed by atoms with Crippen LogP contribution in [0, 0.1) is 0 Å². The number of aryl methyl sites for hydroxylation is 1. The van der Waals surface area contributed by atoms with E-state index in [4.69, 9.17) is 11.6 Å². The van der Waals surface area contributed by atoms with Gasteiger partial charge in [0.1, 0.15) is 0 Å². The highest BCUT2D eigenvalue weighted by Crippen LogP contribution is 2.16. The topological polar surface area (TPSA) is 82.1 Å². The molecule has 19 heavy (non-hydrogen) atoms. The number of nitrogens with zero attached hydrogens (tertiary/aromatic N) is 4. The van der Waals surface area contributed by atoms with Crippen LogP contribution in [-0.4, -0.2) is 29.9 Å². The third-order valence-electron chi connectivity index (χ3n) is 3.17. The molecule has 8 heteroatoms. The number of hydrogen-bond donors (Lipinski definition) is 1. The predicted molar refractivity (Wildman–Crippen MR) is 71.5 cm³/mol. The molecule has 104 valence electrons. The number of imidazole rings is 1. The van der Waals surface area contributed by atoms with E-state index < -0.39 is 17.4 Å². The summed E-state index contributed by atoms with van der Waals surface area (Å²) in [6.45, 7) is 1.99. The second kappa shape index (κ2) is 4.82. The molecule has 0 fully saturated rings. The van der Waals surface area contributed by atoms with E-state index in [1.54, 1.807) is 0 Å². The molecule has 2 heterocycles. The van der Waals surface area contributed by atoms with Gasteiger partial charge in [0.15, 0.2) is 11.2 Å². The number of rotatable bonds is 3. The molecule has 2 rings (SSSR count). The first kappa shape index (κ1) is 13.8. The Morgan fingerprint density at radius 3 is 2.53 bits per heavy atom. The molecule has 2 aromatic rings. The zero-order valence-electron chi connectivity index (χ0n) is 10.9. The quantitative estimate of drug-likeness (QED) is 0.796. The fourth-order valence-electron chi connectivity index (χ4n) is 1.93. The van der Waals surface area contributed by atoms with E-state index >= 15 is 0 Å². The molecule has 1 unspecified atom stereocenters. The van der Waals surface area contributed by atoms with Crippen molar-refractivity contribution in [1.82, 2.24) is 18.7 Å². The van der Waals surface area contributed by atoms with Crippen molar-refractivity contribution in [3.8, 4) is 0 Å². The minimum Gasteiger partial charge on any atom is -0.391 e. The molecule has 0 saturated heterocycles. The van der Waals surface area contributed by atoms with Crippen molar-refractivity contribution in [2.45, 2.75) is 26.0 Å². The number of fused-ring (bicyclic) bond motifs is 1. The normalized spacial score (nSPS) is 13.1. The highest BCUT2D eigenvalue weighted by atomic mass is 35.5. The van der Waals surface area contributed by atoms with Crippen LogP contribution in [0.2, 0.25) is 5.28 Å². The van der Waals surface area contributed by atoms with Gasteiger partial charge in [-0.1, -0.05) is 6.92 Å².